The van der Waals surface area contributed by atoms with Crippen LogP contribution in [0.3, 0.4) is 0 Å². The van der Waals surface area contributed by atoms with Crippen molar-refractivity contribution in [3.63, 3.8) is 0 Å². The Morgan fingerprint density at radius 3 is 2.41 bits per heavy atom. The summed E-state index contributed by atoms with van der Waals surface area (Å²) in [6.45, 7) is 0.813. The van der Waals surface area contributed by atoms with Gasteiger partial charge in [-0.05, 0) is 35.4 Å². The largest absolute Gasteiger partial charge is 0.336 e. The molecule has 0 saturated heterocycles. The van der Waals surface area contributed by atoms with Crippen LogP contribution >= 0.6 is 70.7 Å². The zero-order chi connectivity index (χ0) is 18.4. The summed E-state index contributed by atoms with van der Waals surface area (Å²) < 4.78 is 2.08. The van der Waals surface area contributed by atoms with Crippen LogP contribution in [0.15, 0.2) is 61.2 Å². The van der Waals surface area contributed by atoms with E-state index in [0.29, 0.717) is 10.0 Å². The molecular weight excluding hydrogens is 462 g/mol. The minimum absolute atomic E-state index is 0. The maximum absolute atomic E-state index is 6.45. The molecule has 8 heteroatoms. The fourth-order valence-electron chi connectivity index (χ4n) is 2.46. The number of benzene rings is 2. The molecular formula is C19H18Cl4N2S2. The van der Waals surface area contributed by atoms with E-state index in [0.717, 1.165) is 28.0 Å². The summed E-state index contributed by atoms with van der Waals surface area (Å²) in [5.41, 5.74) is 2.37. The zero-order valence-electron chi connectivity index (χ0n) is 14.2. The lowest BCUT2D eigenvalue weighted by molar-refractivity contribution is 0.684. The predicted octanol–water partition coefficient (Wildman–Crippen LogP) is 7.63. The fraction of sp³-hybridized carbons (Fsp3) is 0.211. The molecule has 0 N–H and O–H groups in total. The van der Waals surface area contributed by atoms with Crippen LogP contribution in [0.25, 0.3) is 0 Å². The van der Waals surface area contributed by atoms with E-state index in [1.54, 1.807) is 12.3 Å². The molecule has 0 bridgehead atoms. The van der Waals surface area contributed by atoms with Gasteiger partial charge in [-0.1, -0.05) is 53.0 Å². The summed E-state index contributed by atoms with van der Waals surface area (Å²) in [4.78, 5) is 4.13. The standard InChI is InChI=1S/C19H17Cl3N2S2.ClH/c20-15-3-1-14(2-4-15)11-25-13-26-19(10-24-8-7-23-12-24)17-6-5-16(21)9-18(17)22;/h1-9,12,19H,10-11,13H2;1H. The molecule has 0 aliphatic heterocycles. The first-order valence-electron chi connectivity index (χ1n) is 7.96. The van der Waals surface area contributed by atoms with E-state index in [2.05, 4.69) is 21.7 Å². The normalized spacial score (nSPS) is 11.8. The van der Waals surface area contributed by atoms with Crippen LogP contribution in [0, 0.1) is 0 Å². The Bertz CT molecular complexity index is 826. The molecule has 2 nitrogen and oxygen atoms in total. The molecule has 3 aromatic rings. The summed E-state index contributed by atoms with van der Waals surface area (Å²) in [7, 11) is 0. The molecule has 3 rings (SSSR count). The third kappa shape index (κ3) is 7.12. The molecule has 0 amide bonds. The van der Waals surface area contributed by atoms with Gasteiger partial charge >= 0.3 is 0 Å². The van der Waals surface area contributed by atoms with E-state index in [1.807, 2.05) is 60.3 Å². The highest BCUT2D eigenvalue weighted by Gasteiger charge is 2.16. The molecule has 0 spiro atoms. The molecule has 0 fully saturated rings. The van der Waals surface area contributed by atoms with Gasteiger partial charge in [-0.15, -0.1) is 35.9 Å². The van der Waals surface area contributed by atoms with E-state index in [9.17, 15) is 0 Å². The van der Waals surface area contributed by atoms with Crippen LogP contribution < -0.4 is 0 Å². The third-order valence-corrected chi connectivity index (χ3v) is 7.15. The van der Waals surface area contributed by atoms with E-state index >= 15 is 0 Å². The van der Waals surface area contributed by atoms with Crippen LogP contribution in [0.5, 0.6) is 0 Å². The van der Waals surface area contributed by atoms with Gasteiger partial charge in [0.25, 0.3) is 0 Å². The van der Waals surface area contributed by atoms with Crippen LogP contribution in [0.4, 0.5) is 0 Å². The van der Waals surface area contributed by atoms with Crippen molar-refractivity contribution in [3.05, 3.63) is 87.4 Å². The Labute approximate surface area is 189 Å². The SMILES string of the molecule is Cl.Clc1ccc(CSCSC(Cn2ccnc2)c2ccc(Cl)cc2Cl)cc1. The van der Waals surface area contributed by atoms with Gasteiger partial charge in [-0.2, -0.15) is 0 Å². The van der Waals surface area contributed by atoms with Crippen LogP contribution in [0.1, 0.15) is 16.4 Å². The average Bonchev–Trinajstić information content (AvgIpc) is 3.12. The Kier molecular flexibility index (Phi) is 9.71. The van der Waals surface area contributed by atoms with Gasteiger partial charge in [0, 0.05) is 50.1 Å². The van der Waals surface area contributed by atoms with Gasteiger partial charge in [0.15, 0.2) is 0 Å². The molecule has 0 saturated carbocycles. The van der Waals surface area contributed by atoms with Gasteiger partial charge in [0.05, 0.1) is 6.33 Å². The highest BCUT2D eigenvalue weighted by atomic mass is 35.5. The Hall–Kier alpha value is -0.490. The van der Waals surface area contributed by atoms with Crippen molar-refractivity contribution >= 4 is 70.7 Å². The smallest absolute Gasteiger partial charge is 0.0946 e. The van der Waals surface area contributed by atoms with Crippen molar-refractivity contribution in [2.45, 2.75) is 17.5 Å². The van der Waals surface area contributed by atoms with Gasteiger partial charge in [0.1, 0.15) is 0 Å². The monoisotopic (exact) mass is 478 g/mol. The summed E-state index contributed by atoms with van der Waals surface area (Å²) in [5.74, 6) is 0.955. The molecule has 0 aliphatic carbocycles. The van der Waals surface area contributed by atoms with Gasteiger partial charge < -0.3 is 4.57 Å². The summed E-state index contributed by atoms with van der Waals surface area (Å²) in [5, 5.41) is 3.32. The first kappa shape index (κ1) is 22.8. The first-order chi connectivity index (χ1) is 12.6. The Morgan fingerprint density at radius 2 is 1.74 bits per heavy atom. The second kappa shape index (κ2) is 11.5. The second-order valence-electron chi connectivity index (χ2n) is 5.67. The molecule has 144 valence electrons. The van der Waals surface area contributed by atoms with Crippen molar-refractivity contribution in [3.8, 4) is 0 Å². The minimum Gasteiger partial charge on any atom is -0.336 e. The quantitative estimate of drug-likeness (QED) is 0.244. The van der Waals surface area contributed by atoms with E-state index < -0.39 is 0 Å². The fourth-order valence-corrected chi connectivity index (χ4v) is 5.66. The Morgan fingerprint density at radius 1 is 1.00 bits per heavy atom. The number of hydrogen-bond donors (Lipinski definition) is 0. The van der Waals surface area contributed by atoms with E-state index in [4.69, 9.17) is 34.8 Å². The lowest BCUT2D eigenvalue weighted by atomic mass is 10.1. The lowest BCUT2D eigenvalue weighted by Gasteiger charge is -2.19. The highest BCUT2D eigenvalue weighted by Crippen LogP contribution is 2.38. The number of thioether (sulfide) groups is 2. The number of hydrogen-bond acceptors (Lipinski definition) is 3. The van der Waals surface area contributed by atoms with Crippen molar-refractivity contribution < 1.29 is 0 Å². The summed E-state index contributed by atoms with van der Waals surface area (Å²) in [6, 6.07) is 13.7. The summed E-state index contributed by atoms with van der Waals surface area (Å²) >= 11 is 22.2. The van der Waals surface area contributed by atoms with Crippen molar-refractivity contribution in [2.75, 3.05) is 5.08 Å². The van der Waals surface area contributed by atoms with E-state index in [1.165, 1.54) is 5.56 Å². The Balaban J connectivity index is 0.00000261. The second-order valence-corrected chi connectivity index (χ2v) is 9.50. The van der Waals surface area contributed by atoms with Gasteiger partial charge in [-0.3, -0.25) is 0 Å². The van der Waals surface area contributed by atoms with Crippen LogP contribution in [-0.2, 0) is 12.3 Å². The number of aromatic nitrogens is 2. The molecule has 1 heterocycles. The molecule has 27 heavy (non-hydrogen) atoms. The molecule has 0 aliphatic rings. The van der Waals surface area contributed by atoms with Gasteiger partial charge in [-0.25, -0.2) is 4.98 Å². The first-order valence-corrected chi connectivity index (χ1v) is 11.3. The topological polar surface area (TPSA) is 17.8 Å². The van der Waals surface area contributed by atoms with Crippen molar-refractivity contribution in [1.82, 2.24) is 9.55 Å². The molecule has 1 unspecified atom stereocenters. The maximum atomic E-state index is 6.45. The lowest BCUT2D eigenvalue weighted by Crippen LogP contribution is -2.06. The molecule has 2 aromatic carbocycles. The molecule has 0 radical (unpaired) electrons. The number of imidazole rings is 1. The van der Waals surface area contributed by atoms with Crippen molar-refractivity contribution in [1.29, 1.82) is 0 Å². The predicted molar refractivity (Wildman–Crippen MR) is 124 cm³/mol. The highest BCUT2D eigenvalue weighted by molar-refractivity contribution is 8.15. The third-order valence-electron chi connectivity index (χ3n) is 3.78. The van der Waals surface area contributed by atoms with E-state index in [-0.39, 0.29) is 17.7 Å². The average molecular weight is 480 g/mol. The zero-order valence-corrected chi connectivity index (χ0v) is 18.9. The van der Waals surface area contributed by atoms with Crippen LogP contribution in [-0.4, -0.2) is 14.6 Å². The number of halogens is 4. The van der Waals surface area contributed by atoms with Crippen molar-refractivity contribution in [2.24, 2.45) is 0 Å². The molecule has 1 aromatic heterocycles. The minimum atomic E-state index is 0. The summed E-state index contributed by atoms with van der Waals surface area (Å²) in [6.07, 6.45) is 5.59. The number of rotatable bonds is 8. The van der Waals surface area contributed by atoms with Gasteiger partial charge in [0.2, 0.25) is 0 Å². The van der Waals surface area contributed by atoms with Crippen LogP contribution in [0.2, 0.25) is 15.1 Å². The number of nitrogens with zero attached hydrogens (tertiary/aromatic N) is 2. The molecule has 1 atom stereocenters. The maximum Gasteiger partial charge on any atom is 0.0946 e.